The Morgan fingerprint density at radius 3 is 2.37 bits per heavy atom. The van der Waals surface area contributed by atoms with Gasteiger partial charge in [0.05, 0.1) is 5.02 Å². The van der Waals surface area contributed by atoms with Crippen molar-refractivity contribution < 1.29 is 21.6 Å². The third-order valence-electron chi connectivity index (χ3n) is 3.45. The number of aromatic nitrogens is 5. The van der Waals surface area contributed by atoms with Gasteiger partial charge in [-0.25, -0.2) is 13.4 Å². The number of hydrogen-bond donors (Lipinski definition) is 0. The van der Waals surface area contributed by atoms with Crippen LogP contribution in [0.5, 0.6) is 0 Å². The van der Waals surface area contributed by atoms with E-state index in [4.69, 9.17) is 11.6 Å². The molecule has 0 radical (unpaired) electrons. The van der Waals surface area contributed by atoms with E-state index < -0.39 is 21.8 Å². The molecule has 27 heavy (non-hydrogen) atoms. The molecule has 0 saturated heterocycles. The summed E-state index contributed by atoms with van der Waals surface area (Å²) in [7, 11) is -3.61. The van der Waals surface area contributed by atoms with Gasteiger partial charge in [-0.2, -0.15) is 17.9 Å². The second kappa shape index (κ2) is 6.57. The van der Waals surface area contributed by atoms with E-state index in [9.17, 15) is 21.6 Å². The zero-order chi connectivity index (χ0) is 20.0. The van der Waals surface area contributed by atoms with Crippen molar-refractivity contribution in [1.29, 1.82) is 0 Å². The van der Waals surface area contributed by atoms with Crippen LogP contribution in [0.3, 0.4) is 0 Å². The summed E-state index contributed by atoms with van der Waals surface area (Å²) >= 11 is 6.12. The molecule has 3 rings (SSSR count). The van der Waals surface area contributed by atoms with Crippen molar-refractivity contribution in [3.63, 3.8) is 0 Å². The van der Waals surface area contributed by atoms with E-state index in [1.807, 2.05) is 0 Å². The van der Waals surface area contributed by atoms with E-state index in [0.29, 0.717) is 0 Å². The molecule has 0 amide bonds. The fraction of sp³-hybridized carbons (Fsp3) is 0.200. The van der Waals surface area contributed by atoms with Crippen molar-refractivity contribution in [3.8, 4) is 17.2 Å². The number of sulfone groups is 1. The number of benzene rings is 1. The predicted octanol–water partition coefficient (Wildman–Crippen LogP) is 3.11. The molecule has 0 atom stereocenters. The van der Waals surface area contributed by atoms with E-state index in [0.717, 1.165) is 22.6 Å². The van der Waals surface area contributed by atoms with E-state index in [2.05, 4.69) is 20.3 Å². The minimum Gasteiger partial charge on any atom is -0.222 e. The van der Waals surface area contributed by atoms with Crippen molar-refractivity contribution in [3.05, 3.63) is 46.7 Å². The summed E-state index contributed by atoms with van der Waals surface area (Å²) in [6, 6.07) is 7.08. The molecule has 0 saturated carbocycles. The molecule has 142 valence electrons. The Kier molecular flexibility index (Phi) is 4.68. The third kappa shape index (κ3) is 3.93. The highest BCUT2D eigenvalue weighted by Gasteiger charge is 2.38. The molecule has 0 spiro atoms. The maximum absolute atomic E-state index is 13.1. The van der Waals surface area contributed by atoms with Crippen LogP contribution in [-0.4, -0.2) is 39.6 Å². The Morgan fingerprint density at radius 2 is 1.81 bits per heavy atom. The average molecular weight is 418 g/mol. The number of aryl methyl sites for hydroxylation is 1. The van der Waals surface area contributed by atoms with Gasteiger partial charge in [-0.15, -0.1) is 15.3 Å². The Labute approximate surface area is 156 Å². The van der Waals surface area contributed by atoms with Crippen molar-refractivity contribution in [1.82, 2.24) is 25.0 Å². The first-order valence-electron chi connectivity index (χ1n) is 7.32. The zero-order valence-corrected chi connectivity index (χ0v) is 15.4. The quantitative estimate of drug-likeness (QED) is 0.650. The SMILES string of the molecule is Cc1ccc(Cl)c(-c2nc(C(F)(F)F)nn2-c2ccc(S(C)(=O)=O)nn2)c1. The molecule has 0 aliphatic rings. The first-order valence-corrected chi connectivity index (χ1v) is 9.58. The summed E-state index contributed by atoms with van der Waals surface area (Å²) in [6.07, 6.45) is -3.86. The van der Waals surface area contributed by atoms with Gasteiger partial charge < -0.3 is 0 Å². The number of alkyl halides is 3. The molecular weight excluding hydrogens is 407 g/mol. The largest absolute Gasteiger partial charge is 0.453 e. The van der Waals surface area contributed by atoms with E-state index >= 15 is 0 Å². The number of halogens is 4. The first-order chi connectivity index (χ1) is 12.5. The summed E-state index contributed by atoms with van der Waals surface area (Å²) < 4.78 is 63.2. The van der Waals surface area contributed by atoms with E-state index in [-0.39, 0.29) is 27.3 Å². The summed E-state index contributed by atoms with van der Waals surface area (Å²) in [5.74, 6) is -1.72. The summed E-state index contributed by atoms with van der Waals surface area (Å²) in [5.41, 5.74) is 0.963. The molecule has 12 heteroatoms. The fourth-order valence-corrected chi connectivity index (χ4v) is 2.91. The van der Waals surface area contributed by atoms with Crippen molar-refractivity contribution in [2.45, 2.75) is 18.1 Å². The molecule has 0 aliphatic heterocycles. The molecule has 0 aliphatic carbocycles. The van der Waals surface area contributed by atoms with Crippen molar-refractivity contribution >= 4 is 21.4 Å². The minimum atomic E-state index is -4.80. The van der Waals surface area contributed by atoms with Crippen molar-refractivity contribution in [2.24, 2.45) is 0 Å². The van der Waals surface area contributed by atoms with Crippen LogP contribution in [0.15, 0.2) is 35.4 Å². The Balaban J connectivity index is 2.23. The molecule has 0 unspecified atom stereocenters. The van der Waals surface area contributed by atoms with Gasteiger partial charge in [0.15, 0.2) is 26.5 Å². The predicted molar refractivity (Wildman–Crippen MR) is 90.2 cm³/mol. The lowest BCUT2D eigenvalue weighted by atomic mass is 10.1. The molecule has 0 bridgehead atoms. The monoisotopic (exact) mass is 417 g/mol. The lowest BCUT2D eigenvalue weighted by molar-refractivity contribution is -0.144. The lowest BCUT2D eigenvalue weighted by Crippen LogP contribution is -2.10. The van der Waals surface area contributed by atoms with Gasteiger partial charge in [0.2, 0.25) is 0 Å². The maximum Gasteiger partial charge on any atom is 0.453 e. The smallest absolute Gasteiger partial charge is 0.222 e. The highest BCUT2D eigenvalue weighted by atomic mass is 35.5. The Bertz CT molecular complexity index is 1110. The lowest BCUT2D eigenvalue weighted by Gasteiger charge is -2.07. The zero-order valence-electron chi connectivity index (χ0n) is 13.9. The third-order valence-corrected chi connectivity index (χ3v) is 4.75. The first kappa shape index (κ1) is 19.2. The van der Waals surface area contributed by atoms with E-state index in [1.165, 1.54) is 12.1 Å². The molecule has 0 N–H and O–H groups in total. The molecule has 2 heterocycles. The van der Waals surface area contributed by atoms with Crippen LogP contribution >= 0.6 is 11.6 Å². The van der Waals surface area contributed by atoms with Gasteiger partial charge in [0, 0.05) is 11.8 Å². The van der Waals surface area contributed by atoms with Crippen LogP contribution in [0.1, 0.15) is 11.4 Å². The van der Waals surface area contributed by atoms with Crippen LogP contribution < -0.4 is 0 Å². The fourth-order valence-electron chi connectivity index (χ4n) is 2.20. The second-order valence-corrected chi connectivity index (χ2v) is 8.02. The molecule has 2 aromatic heterocycles. The topological polar surface area (TPSA) is 90.6 Å². The van der Waals surface area contributed by atoms with Crippen LogP contribution in [0, 0.1) is 6.92 Å². The molecule has 7 nitrogen and oxygen atoms in total. The van der Waals surface area contributed by atoms with Crippen LogP contribution in [-0.2, 0) is 16.0 Å². The Hall–Kier alpha value is -2.53. The maximum atomic E-state index is 13.1. The average Bonchev–Trinajstić information content (AvgIpc) is 3.02. The van der Waals surface area contributed by atoms with E-state index in [1.54, 1.807) is 19.1 Å². The molecule has 1 aromatic carbocycles. The highest BCUT2D eigenvalue weighted by molar-refractivity contribution is 7.90. The van der Waals surface area contributed by atoms with Crippen LogP contribution in [0.25, 0.3) is 17.2 Å². The standard InChI is InChI=1S/C15H11ClF3N5O2S/c1-8-3-4-10(16)9(7-8)13-20-14(15(17,18)19)23-24(13)11-5-6-12(22-21-11)27(2,25)26/h3-7H,1-2H3. The number of hydrogen-bond acceptors (Lipinski definition) is 6. The summed E-state index contributed by atoms with van der Waals surface area (Å²) in [4.78, 5) is 3.56. The summed E-state index contributed by atoms with van der Waals surface area (Å²) in [6.45, 7) is 1.74. The molecular formula is C15H11ClF3N5O2S. The highest BCUT2D eigenvalue weighted by Crippen LogP contribution is 2.33. The van der Waals surface area contributed by atoms with Gasteiger partial charge in [-0.05, 0) is 31.2 Å². The van der Waals surface area contributed by atoms with Gasteiger partial charge in [0.25, 0.3) is 5.82 Å². The van der Waals surface area contributed by atoms with Crippen molar-refractivity contribution in [2.75, 3.05) is 6.26 Å². The van der Waals surface area contributed by atoms with Gasteiger partial charge >= 0.3 is 6.18 Å². The van der Waals surface area contributed by atoms with Crippen LogP contribution in [0.4, 0.5) is 13.2 Å². The van der Waals surface area contributed by atoms with Crippen LogP contribution in [0.2, 0.25) is 5.02 Å². The Morgan fingerprint density at radius 1 is 1.11 bits per heavy atom. The molecule has 0 fully saturated rings. The molecule has 3 aromatic rings. The number of nitrogens with zero attached hydrogens (tertiary/aromatic N) is 5. The normalized spacial score (nSPS) is 12.4. The van der Waals surface area contributed by atoms with Gasteiger partial charge in [-0.1, -0.05) is 23.2 Å². The van der Waals surface area contributed by atoms with Gasteiger partial charge in [-0.3, -0.25) is 0 Å². The second-order valence-electron chi connectivity index (χ2n) is 5.65. The number of rotatable bonds is 3. The minimum absolute atomic E-state index is 0.141. The van der Waals surface area contributed by atoms with Gasteiger partial charge in [0.1, 0.15) is 0 Å². The summed E-state index contributed by atoms with van der Waals surface area (Å²) in [5, 5.41) is 10.5.